The zero-order valence-corrected chi connectivity index (χ0v) is 11.0. The summed E-state index contributed by atoms with van der Waals surface area (Å²) in [7, 11) is 0. The molecule has 88 valence electrons. The zero-order chi connectivity index (χ0) is 11.5. The maximum Gasteiger partial charge on any atom is 0.283 e. The average molecular weight is 286 g/mol. The maximum absolute atomic E-state index is 11.8. The van der Waals surface area contributed by atoms with E-state index in [0.717, 1.165) is 5.69 Å². The number of halogens is 1. The van der Waals surface area contributed by atoms with Crippen molar-refractivity contribution in [2.75, 3.05) is 5.32 Å². The highest BCUT2D eigenvalue weighted by atomic mass is 79.9. The summed E-state index contributed by atoms with van der Waals surface area (Å²) in [5.41, 5.74) is 0.757. The lowest BCUT2D eigenvalue weighted by atomic mass is 10.2. The van der Waals surface area contributed by atoms with Crippen LogP contribution in [-0.2, 0) is 6.54 Å². The summed E-state index contributed by atoms with van der Waals surface area (Å²) < 4.78 is 2.04. The largest absolute Gasteiger partial charge is 0.380 e. The number of aromatic nitrogens is 2. The summed E-state index contributed by atoms with van der Waals surface area (Å²) in [5.74, 6) is 0. The van der Waals surface area contributed by atoms with E-state index in [2.05, 4.69) is 26.3 Å². The molecule has 0 atom stereocenters. The lowest BCUT2D eigenvalue weighted by Crippen LogP contribution is -2.25. The summed E-state index contributed by atoms with van der Waals surface area (Å²) in [4.78, 5) is 11.8. The summed E-state index contributed by atoms with van der Waals surface area (Å²) in [6, 6.07) is 0.495. The van der Waals surface area contributed by atoms with Gasteiger partial charge < -0.3 is 5.32 Å². The van der Waals surface area contributed by atoms with E-state index in [1.807, 2.05) is 6.92 Å². The molecule has 1 heterocycles. The summed E-state index contributed by atoms with van der Waals surface area (Å²) >= 11 is 3.34. The molecule has 0 unspecified atom stereocenters. The minimum absolute atomic E-state index is 0.0644. The molecule has 1 saturated carbocycles. The molecule has 1 fully saturated rings. The van der Waals surface area contributed by atoms with Crippen molar-refractivity contribution >= 4 is 21.6 Å². The third-order valence-corrected chi connectivity index (χ3v) is 3.77. The van der Waals surface area contributed by atoms with E-state index in [0.29, 0.717) is 17.1 Å². The van der Waals surface area contributed by atoms with Crippen LogP contribution in [0.15, 0.2) is 15.5 Å². The number of hydrogen-bond acceptors (Lipinski definition) is 3. The van der Waals surface area contributed by atoms with Gasteiger partial charge in [-0.3, -0.25) is 4.79 Å². The SMILES string of the molecule is CCn1ncc(NC2CCCC2)c(Br)c1=O. The van der Waals surface area contributed by atoms with Crippen molar-refractivity contribution in [1.82, 2.24) is 9.78 Å². The third-order valence-electron chi connectivity index (χ3n) is 3.00. The van der Waals surface area contributed by atoms with Gasteiger partial charge in [0.1, 0.15) is 4.47 Å². The molecule has 0 radical (unpaired) electrons. The Hall–Kier alpha value is -0.840. The molecule has 16 heavy (non-hydrogen) atoms. The fourth-order valence-electron chi connectivity index (χ4n) is 2.08. The second kappa shape index (κ2) is 4.99. The normalized spacial score (nSPS) is 16.6. The van der Waals surface area contributed by atoms with Gasteiger partial charge in [0.2, 0.25) is 0 Å². The molecule has 0 bridgehead atoms. The Morgan fingerprint density at radius 3 is 2.88 bits per heavy atom. The molecule has 1 aromatic rings. The maximum atomic E-state index is 11.8. The Morgan fingerprint density at radius 1 is 1.56 bits per heavy atom. The lowest BCUT2D eigenvalue weighted by Gasteiger charge is -2.14. The predicted molar refractivity (Wildman–Crippen MR) is 67.7 cm³/mol. The number of hydrogen-bond donors (Lipinski definition) is 1. The van der Waals surface area contributed by atoms with Gasteiger partial charge in [-0.15, -0.1) is 0 Å². The zero-order valence-electron chi connectivity index (χ0n) is 9.37. The van der Waals surface area contributed by atoms with E-state index < -0.39 is 0 Å². The van der Waals surface area contributed by atoms with Gasteiger partial charge in [0.05, 0.1) is 11.9 Å². The van der Waals surface area contributed by atoms with Crippen LogP contribution in [0, 0.1) is 0 Å². The molecule has 2 rings (SSSR count). The smallest absolute Gasteiger partial charge is 0.283 e. The first kappa shape index (κ1) is 11.6. The Bertz CT molecular complexity index is 424. The van der Waals surface area contributed by atoms with Crippen LogP contribution in [0.4, 0.5) is 5.69 Å². The van der Waals surface area contributed by atoms with Gasteiger partial charge in [-0.2, -0.15) is 5.10 Å². The first-order valence-electron chi connectivity index (χ1n) is 5.74. The molecule has 0 amide bonds. The van der Waals surface area contributed by atoms with Crippen LogP contribution < -0.4 is 10.9 Å². The van der Waals surface area contributed by atoms with E-state index in [4.69, 9.17) is 0 Å². The number of aryl methyl sites for hydroxylation is 1. The van der Waals surface area contributed by atoms with Crippen LogP contribution in [0.2, 0.25) is 0 Å². The predicted octanol–water partition coefficient (Wildman–Crippen LogP) is 2.38. The lowest BCUT2D eigenvalue weighted by molar-refractivity contribution is 0.611. The van der Waals surface area contributed by atoms with Crippen molar-refractivity contribution in [1.29, 1.82) is 0 Å². The van der Waals surface area contributed by atoms with Gasteiger partial charge in [-0.1, -0.05) is 12.8 Å². The van der Waals surface area contributed by atoms with Gasteiger partial charge in [-0.05, 0) is 35.7 Å². The second-order valence-corrected chi connectivity index (χ2v) is 4.91. The summed E-state index contributed by atoms with van der Waals surface area (Å²) in [5, 5.41) is 7.49. The standard InChI is InChI=1S/C11H16BrN3O/c1-2-15-11(16)10(12)9(7-13-15)14-8-5-3-4-6-8/h7-8,14H,2-6H2,1H3. The van der Waals surface area contributed by atoms with Gasteiger partial charge >= 0.3 is 0 Å². The van der Waals surface area contributed by atoms with Gasteiger partial charge in [-0.25, -0.2) is 4.68 Å². The van der Waals surface area contributed by atoms with Gasteiger partial charge in [0, 0.05) is 12.6 Å². The number of nitrogens with zero attached hydrogens (tertiary/aromatic N) is 2. The average Bonchev–Trinajstić information content (AvgIpc) is 2.78. The summed E-state index contributed by atoms with van der Waals surface area (Å²) in [6.45, 7) is 2.51. The monoisotopic (exact) mass is 285 g/mol. The third kappa shape index (κ3) is 2.29. The molecular formula is C11H16BrN3O. The number of rotatable bonds is 3. The fourth-order valence-corrected chi connectivity index (χ4v) is 2.50. The van der Waals surface area contributed by atoms with Crippen LogP contribution in [0.1, 0.15) is 32.6 Å². The molecule has 1 N–H and O–H groups in total. The second-order valence-electron chi connectivity index (χ2n) is 4.12. The quantitative estimate of drug-likeness (QED) is 0.928. The highest BCUT2D eigenvalue weighted by Crippen LogP contribution is 2.24. The Kier molecular flexibility index (Phi) is 3.63. The van der Waals surface area contributed by atoms with Gasteiger partial charge in [0.15, 0.2) is 0 Å². The van der Waals surface area contributed by atoms with E-state index in [1.54, 1.807) is 6.20 Å². The molecule has 0 aromatic carbocycles. The van der Waals surface area contributed by atoms with E-state index in [1.165, 1.54) is 30.4 Å². The van der Waals surface area contributed by atoms with Crippen molar-refractivity contribution in [2.45, 2.75) is 45.2 Å². The number of anilines is 1. The minimum atomic E-state index is -0.0644. The molecule has 1 aromatic heterocycles. The molecule has 4 nitrogen and oxygen atoms in total. The molecule has 0 aliphatic heterocycles. The fraction of sp³-hybridized carbons (Fsp3) is 0.636. The van der Waals surface area contributed by atoms with Crippen molar-refractivity contribution < 1.29 is 0 Å². The Morgan fingerprint density at radius 2 is 2.25 bits per heavy atom. The molecule has 1 aliphatic rings. The van der Waals surface area contributed by atoms with Gasteiger partial charge in [0.25, 0.3) is 5.56 Å². The minimum Gasteiger partial charge on any atom is -0.380 e. The molecule has 1 aliphatic carbocycles. The topological polar surface area (TPSA) is 46.9 Å². The van der Waals surface area contributed by atoms with Crippen molar-refractivity contribution in [3.8, 4) is 0 Å². The molecule has 5 heteroatoms. The summed E-state index contributed by atoms with van der Waals surface area (Å²) in [6.07, 6.45) is 6.64. The van der Waals surface area contributed by atoms with Crippen LogP contribution in [-0.4, -0.2) is 15.8 Å². The first-order chi connectivity index (χ1) is 7.72. The van der Waals surface area contributed by atoms with E-state index in [9.17, 15) is 4.79 Å². The Labute approximate surface area is 103 Å². The molecule has 0 saturated heterocycles. The first-order valence-corrected chi connectivity index (χ1v) is 6.54. The van der Waals surface area contributed by atoms with Crippen LogP contribution in [0.5, 0.6) is 0 Å². The van der Waals surface area contributed by atoms with Crippen molar-refractivity contribution in [3.63, 3.8) is 0 Å². The highest BCUT2D eigenvalue weighted by molar-refractivity contribution is 9.10. The van der Waals surface area contributed by atoms with Crippen molar-refractivity contribution in [3.05, 3.63) is 21.0 Å². The molecular weight excluding hydrogens is 270 g/mol. The van der Waals surface area contributed by atoms with E-state index >= 15 is 0 Å². The number of nitrogens with one attached hydrogen (secondary N) is 1. The highest BCUT2D eigenvalue weighted by Gasteiger charge is 2.17. The molecule has 0 spiro atoms. The van der Waals surface area contributed by atoms with Crippen molar-refractivity contribution in [2.24, 2.45) is 0 Å². The van der Waals surface area contributed by atoms with Crippen LogP contribution in [0.3, 0.4) is 0 Å². The Balaban J connectivity index is 2.21. The van der Waals surface area contributed by atoms with Crippen LogP contribution in [0.25, 0.3) is 0 Å². The van der Waals surface area contributed by atoms with E-state index in [-0.39, 0.29) is 5.56 Å². The van der Waals surface area contributed by atoms with Crippen LogP contribution >= 0.6 is 15.9 Å².